The second kappa shape index (κ2) is 8.71. The van der Waals surface area contributed by atoms with E-state index < -0.39 is 41.7 Å². The van der Waals surface area contributed by atoms with Crippen LogP contribution in [0.1, 0.15) is 28.5 Å². The third-order valence-corrected chi connectivity index (χ3v) is 4.32. The molecule has 1 aliphatic rings. The summed E-state index contributed by atoms with van der Waals surface area (Å²) in [5, 5.41) is 9.02. The Morgan fingerprint density at radius 3 is 2.34 bits per heavy atom. The molecule has 156 valence electrons. The summed E-state index contributed by atoms with van der Waals surface area (Å²) in [7, 11) is 1.50. The lowest BCUT2D eigenvalue weighted by atomic mass is 9.98. The summed E-state index contributed by atoms with van der Waals surface area (Å²) in [6, 6.07) is 9.12. The first-order valence-corrected chi connectivity index (χ1v) is 8.73. The van der Waals surface area contributed by atoms with Gasteiger partial charge in [0.25, 0.3) is 0 Å². The third kappa shape index (κ3) is 4.99. The number of rotatable bonds is 7. The minimum absolute atomic E-state index is 0.0671. The number of benzene rings is 2. The highest BCUT2D eigenvalue weighted by molar-refractivity contribution is 5.71. The third-order valence-electron chi connectivity index (χ3n) is 4.32. The van der Waals surface area contributed by atoms with Crippen molar-refractivity contribution in [3.05, 3.63) is 58.7 Å². The van der Waals surface area contributed by atoms with Crippen molar-refractivity contribution in [2.45, 2.75) is 25.5 Å². The maximum atomic E-state index is 13.9. The second-order valence-corrected chi connectivity index (χ2v) is 6.30. The summed E-state index contributed by atoms with van der Waals surface area (Å²) in [6.07, 6.45) is -6.63. The Kier molecular flexibility index (Phi) is 6.29. The molecule has 0 aliphatic carbocycles. The van der Waals surface area contributed by atoms with Crippen LogP contribution >= 0.6 is 0 Å². The van der Waals surface area contributed by atoms with Crippen molar-refractivity contribution in [1.29, 1.82) is 0 Å². The SMILES string of the molecule is COc1ccc(COc2c(C3OCCO3)ccc(CC(=O)O)c2C(F)(F)F)cc1. The molecule has 1 aliphatic heterocycles. The molecule has 0 unspecified atom stereocenters. The zero-order chi connectivity index (χ0) is 21.0. The number of aliphatic carboxylic acids is 1. The molecule has 3 rings (SSSR count). The van der Waals surface area contributed by atoms with Gasteiger partial charge in [-0.1, -0.05) is 18.2 Å². The highest BCUT2D eigenvalue weighted by atomic mass is 19.4. The smallest absolute Gasteiger partial charge is 0.420 e. The quantitative estimate of drug-likeness (QED) is 0.742. The van der Waals surface area contributed by atoms with E-state index in [4.69, 9.17) is 24.1 Å². The van der Waals surface area contributed by atoms with Gasteiger partial charge in [-0.2, -0.15) is 13.2 Å². The molecule has 0 spiro atoms. The molecule has 1 fully saturated rings. The second-order valence-electron chi connectivity index (χ2n) is 6.30. The van der Waals surface area contributed by atoms with Crippen LogP contribution in [0.3, 0.4) is 0 Å². The van der Waals surface area contributed by atoms with E-state index in [0.29, 0.717) is 11.3 Å². The molecule has 29 heavy (non-hydrogen) atoms. The Balaban J connectivity index is 2.02. The molecule has 2 aromatic rings. The molecular formula is C20H19F3O6. The van der Waals surface area contributed by atoms with Crippen LogP contribution in [0.25, 0.3) is 0 Å². The van der Waals surface area contributed by atoms with E-state index in [0.717, 1.165) is 6.07 Å². The van der Waals surface area contributed by atoms with Gasteiger partial charge >= 0.3 is 12.1 Å². The fourth-order valence-corrected chi connectivity index (χ4v) is 3.02. The largest absolute Gasteiger partial charge is 0.497 e. The van der Waals surface area contributed by atoms with Crippen molar-refractivity contribution in [1.82, 2.24) is 0 Å². The molecule has 0 atom stereocenters. The molecule has 9 heteroatoms. The number of carbonyl (C=O) groups is 1. The van der Waals surface area contributed by atoms with Crippen LogP contribution in [0.5, 0.6) is 11.5 Å². The van der Waals surface area contributed by atoms with Crippen molar-refractivity contribution in [3.63, 3.8) is 0 Å². The molecule has 1 saturated heterocycles. The molecule has 1 N–H and O–H groups in total. The first kappa shape index (κ1) is 20.9. The fraction of sp³-hybridized carbons (Fsp3) is 0.350. The first-order chi connectivity index (χ1) is 13.8. The Morgan fingerprint density at radius 1 is 1.14 bits per heavy atom. The van der Waals surface area contributed by atoms with Crippen LogP contribution in [0.15, 0.2) is 36.4 Å². The number of halogens is 3. The van der Waals surface area contributed by atoms with Crippen molar-refractivity contribution in [2.24, 2.45) is 0 Å². The lowest BCUT2D eigenvalue weighted by Gasteiger charge is -2.22. The summed E-state index contributed by atoms with van der Waals surface area (Å²) in [5.41, 5.74) is -0.847. The molecule has 2 aromatic carbocycles. The molecule has 0 bridgehead atoms. The van der Waals surface area contributed by atoms with Gasteiger partial charge in [-0.05, 0) is 29.3 Å². The Hall–Kier alpha value is -2.78. The maximum Gasteiger partial charge on any atom is 0.420 e. The van der Waals surface area contributed by atoms with Gasteiger partial charge in [0.1, 0.15) is 23.7 Å². The van der Waals surface area contributed by atoms with Gasteiger partial charge in [0.15, 0.2) is 6.29 Å². The summed E-state index contributed by atoms with van der Waals surface area (Å²) in [5.74, 6) is -1.27. The van der Waals surface area contributed by atoms with Crippen LogP contribution in [0.4, 0.5) is 13.2 Å². The highest BCUT2D eigenvalue weighted by Crippen LogP contribution is 2.44. The Morgan fingerprint density at radius 2 is 1.79 bits per heavy atom. The predicted octanol–water partition coefficient (Wildman–Crippen LogP) is 3.97. The monoisotopic (exact) mass is 412 g/mol. The molecule has 0 amide bonds. The van der Waals surface area contributed by atoms with Gasteiger partial charge in [0, 0.05) is 0 Å². The Bertz CT molecular complexity index is 858. The number of carboxylic acids is 1. The van der Waals surface area contributed by atoms with E-state index in [9.17, 15) is 18.0 Å². The molecule has 0 saturated carbocycles. The Labute approximate surface area is 164 Å². The molecule has 0 radical (unpaired) electrons. The summed E-state index contributed by atoms with van der Waals surface area (Å²) < 4.78 is 63.0. The van der Waals surface area contributed by atoms with Crippen LogP contribution in [0.2, 0.25) is 0 Å². The predicted molar refractivity (Wildman–Crippen MR) is 94.8 cm³/mol. The number of carboxylic acid groups (broad SMARTS) is 1. The average molecular weight is 412 g/mol. The van der Waals surface area contributed by atoms with Crippen LogP contribution in [-0.2, 0) is 33.5 Å². The van der Waals surface area contributed by atoms with Crippen LogP contribution < -0.4 is 9.47 Å². The zero-order valence-electron chi connectivity index (χ0n) is 15.5. The van der Waals surface area contributed by atoms with E-state index in [2.05, 4.69) is 0 Å². The minimum Gasteiger partial charge on any atom is -0.497 e. The van der Waals surface area contributed by atoms with E-state index >= 15 is 0 Å². The van der Waals surface area contributed by atoms with Gasteiger partial charge < -0.3 is 24.1 Å². The zero-order valence-corrected chi connectivity index (χ0v) is 15.5. The maximum absolute atomic E-state index is 13.9. The number of hydrogen-bond acceptors (Lipinski definition) is 5. The molecule has 0 aromatic heterocycles. The van der Waals surface area contributed by atoms with Crippen molar-refractivity contribution >= 4 is 5.97 Å². The van der Waals surface area contributed by atoms with Crippen molar-refractivity contribution in [3.8, 4) is 11.5 Å². The summed E-state index contributed by atoms with van der Waals surface area (Å²) in [6.45, 7) is 0.310. The van der Waals surface area contributed by atoms with Crippen LogP contribution in [0, 0.1) is 0 Å². The van der Waals surface area contributed by atoms with E-state index in [1.54, 1.807) is 24.3 Å². The van der Waals surface area contributed by atoms with Gasteiger partial charge in [-0.25, -0.2) is 0 Å². The van der Waals surface area contributed by atoms with E-state index in [-0.39, 0.29) is 25.4 Å². The van der Waals surface area contributed by atoms with Gasteiger partial charge in [0.2, 0.25) is 0 Å². The van der Waals surface area contributed by atoms with Gasteiger partial charge in [-0.15, -0.1) is 0 Å². The molecule has 1 heterocycles. The number of alkyl halides is 3. The minimum atomic E-state index is -4.82. The number of ether oxygens (including phenoxy) is 4. The molecular weight excluding hydrogens is 393 g/mol. The molecule has 6 nitrogen and oxygen atoms in total. The number of methoxy groups -OCH3 is 1. The van der Waals surface area contributed by atoms with Gasteiger partial charge in [-0.3, -0.25) is 4.79 Å². The van der Waals surface area contributed by atoms with Crippen molar-refractivity contribution in [2.75, 3.05) is 20.3 Å². The van der Waals surface area contributed by atoms with Gasteiger partial charge in [0.05, 0.1) is 32.3 Å². The highest BCUT2D eigenvalue weighted by Gasteiger charge is 2.40. The summed E-state index contributed by atoms with van der Waals surface area (Å²) >= 11 is 0. The standard InChI is InChI=1S/C20H19F3O6/c1-26-14-5-2-12(3-6-14)11-29-18-15(19-27-8-9-28-19)7-4-13(10-16(24)25)17(18)20(21,22)23/h2-7,19H,8-11H2,1H3,(H,24,25). The fourth-order valence-electron chi connectivity index (χ4n) is 3.02. The topological polar surface area (TPSA) is 74.2 Å². The lowest BCUT2D eigenvalue weighted by Crippen LogP contribution is -2.17. The first-order valence-electron chi connectivity index (χ1n) is 8.73. The van der Waals surface area contributed by atoms with E-state index in [1.165, 1.54) is 13.2 Å². The van der Waals surface area contributed by atoms with Crippen molar-refractivity contribution < 1.29 is 42.0 Å². The van der Waals surface area contributed by atoms with Crippen LogP contribution in [-0.4, -0.2) is 31.4 Å². The van der Waals surface area contributed by atoms with E-state index in [1.807, 2.05) is 0 Å². The summed E-state index contributed by atoms with van der Waals surface area (Å²) in [4.78, 5) is 11.1. The lowest BCUT2D eigenvalue weighted by molar-refractivity contribution is -0.141. The average Bonchev–Trinajstić information content (AvgIpc) is 3.19. The normalized spacial score (nSPS) is 14.8. The number of hydrogen-bond donors (Lipinski definition) is 1.